The lowest BCUT2D eigenvalue weighted by molar-refractivity contribution is 0.425. The molecule has 0 fully saturated rings. The zero-order valence-electron chi connectivity index (χ0n) is 14.6. The van der Waals surface area contributed by atoms with Gasteiger partial charge in [0.25, 0.3) is 0 Å². The van der Waals surface area contributed by atoms with Crippen LogP contribution in [-0.4, -0.2) is 42.2 Å². The Labute approximate surface area is 151 Å². The largest absolute Gasteiger partial charge is 0.505 e. The first-order chi connectivity index (χ1) is 12.5. The Bertz CT molecular complexity index is 995. The minimum Gasteiger partial charge on any atom is -0.505 e. The molecule has 0 spiro atoms. The number of anilines is 1. The molecule has 0 radical (unpaired) electrons. The molecule has 0 saturated heterocycles. The van der Waals surface area contributed by atoms with Crippen LogP contribution in [-0.2, 0) is 0 Å². The zero-order valence-corrected chi connectivity index (χ0v) is 14.6. The number of phenols is 1. The quantitative estimate of drug-likeness (QED) is 0.736. The summed E-state index contributed by atoms with van der Waals surface area (Å²) in [5.74, 6) is -0.436. The highest BCUT2D eigenvalue weighted by atomic mass is 19.1. The average Bonchev–Trinajstić information content (AvgIpc) is 2.63. The SMILES string of the molecule is CN(C)CCNc1ncc(-c2ccc(O)c(F)c2)c2c(C#N)cccc12. The Kier molecular flexibility index (Phi) is 5.01. The molecule has 0 saturated carbocycles. The number of rotatable bonds is 5. The third-order valence-electron chi connectivity index (χ3n) is 4.14. The number of pyridine rings is 1. The lowest BCUT2D eigenvalue weighted by atomic mass is 9.96. The summed E-state index contributed by atoms with van der Waals surface area (Å²) in [6.45, 7) is 1.55. The number of hydrogen-bond donors (Lipinski definition) is 2. The molecule has 0 unspecified atom stereocenters. The van der Waals surface area contributed by atoms with Gasteiger partial charge in [-0.25, -0.2) is 9.37 Å². The Hall–Kier alpha value is -3.17. The maximum atomic E-state index is 13.8. The molecule has 2 N–H and O–H groups in total. The third-order valence-corrected chi connectivity index (χ3v) is 4.14. The van der Waals surface area contributed by atoms with E-state index in [0.717, 1.165) is 11.9 Å². The van der Waals surface area contributed by atoms with Gasteiger partial charge in [-0.05, 0) is 37.9 Å². The number of phenolic OH excluding ortho intramolecular Hbond substituents is 1. The minimum absolute atomic E-state index is 0.409. The van der Waals surface area contributed by atoms with E-state index < -0.39 is 11.6 Å². The molecule has 3 rings (SSSR count). The number of nitrogens with zero attached hydrogens (tertiary/aromatic N) is 3. The van der Waals surface area contributed by atoms with Gasteiger partial charge in [0, 0.05) is 35.6 Å². The number of hydrogen-bond acceptors (Lipinski definition) is 5. The number of aromatic hydroxyl groups is 1. The Morgan fingerprint density at radius 1 is 1.27 bits per heavy atom. The summed E-state index contributed by atoms with van der Waals surface area (Å²) in [7, 11) is 3.98. The number of nitriles is 1. The van der Waals surface area contributed by atoms with Crippen molar-refractivity contribution in [3.05, 3.63) is 54.0 Å². The summed E-state index contributed by atoms with van der Waals surface area (Å²) in [5, 5.41) is 23.8. The molecule has 1 heterocycles. The molecule has 1 aromatic heterocycles. The molecule has 0 aliphatic rings. The highest BCUT2D eigenvalue weighted by molar-refractivity contribution is 6.04. The minimum atomic E-state index is -0.710. The van der Waals surface area contributed by atoms with Crippen molar-refractivity contribution in [1.82, 2.24) is 9.88 Å². The predicted molar refractivity (Wildman–Crippen MR) is 101 cm³/mol. The van der Waals surface area contributed by atoms with E-state index in [2.05, 4.69) is 21.3 Å². The second kappa shape index (κ2) is 7.38. The van der Waals surface area contributed by atoms with Gasteiger partial charge in [0.15, 0.2) is 11.6 Å². The lowest BCUT2D eigenvalue weighted by Gasteiger charge is -2.15. The maximum absolute atomic E-state index is 13.8. The van der Waals surface area contributed by atoms with Crippen molar-refractivity contribution >= 4 is 16.6 Å². The van der Waals surface area contributed by atoms with E-state index in [-0.39, 0.29) is 0 Å². The van der Waals surface area contributed by atoms with Crippen LogP contribution in [0.3, 0.4) is 0 Å². The highest BCUT2D eigenvalue weighted by Crippen LogP contribution is 2.35. The standard InChI is InChI=1S/C20H19FN4O/c1-25(2)9-8-23-20-15-5-3-4-14(11-22)19(15)16(12-24-20)13-6-7-18(26)17(21)10-13/h3-7,10,12,26H,8-9H2,1-2H3,(H,23,24). The zero-order chi connectivity index (χ0) is 18.7. The first-order valence-electron chi connectivity index (χ1n) is 8.20. The van der Waals surface area contributed by atoms with Gasteiger partial charge in [-0.3, -0.25) is 0 Å². The van der Waals surface area contributed by atoms with Gasteiger partial charge in [0.2, 0.25) is 0 Å². The summed E-state index contributed by atoms with van der Waals surface area (Å²) in [6.07, 6.45) is 1.63. The summed E-state index contributed by atoms with van der Waals surface area (Å²) < 4.78 is 13.8. The fourth-order valence-electron chi connectivity index (χ4n) is 2.83. The van der Waals surface area contributed by atoms with E-state index >= 15 is 0 Å². The van der Waals surface area contributed by atoms with Gasteiger partial charge >= 0.3 is 0 Å². The molecule has 0 bridgehead atoms. The van der Waals surface area contributed by atoms with Crippen molar-refractivity contribution in [1.29, 1.82) is 5.26 Å². The van der Waals surface area contributed by atoms with E-state index in [9.17, 15) is 14.8 Å². The second-order valence-electron chi connectivity index (χ2n) is 6.26. The highest BCUT2D eigenvalue weighted by Gasteiger charge is 2.14. The Morgan fingerprint density at radius 3 is 2.77 bits per heavy atom. The molecule has 132 valence electrons. The number of halogens is 1. The van der Waals surface area contributed by atoms with E-state index in [1.54, 1.807) is 24.4 Å². The number of benzene rings is 2. The normalized spacial score (nSPS) is 10.9. The van der Waals surface area contributed by atoms with Crippen molar-refractivity contribution in [3.63, 3.8) is 0 Å². The van der Waals surface area contributed by atoms with Gasteiger partial charge in [0.05, 0.1) is 11.6 Å². The van der Waals surface area contributed by atoms with Crippen LogP contribution in [0.5, 0.6) is 5.75 Å². The van der Waals surface area contributed by atoms with Crippen LogP contribution in [0.1, 0.15) is 5.56 Å². The molecule has 3 aromatic rings. The van der Waals surface area contributed by atoms with Crippen LogP contribution in [0.2, 0.25) is 0 Å². The van der Waals surface area contributed by atoms with Crippen LogP contribution in [0.15, 0.2) is 42.6 Å². The lowest BCUT2D eigenvalue weighted by Crippen LogP contribution is -2.21. The monoisotopic (exact) mass is 350 g/mol. The Balaban J connectivity index is 2.16. The van der Waals surface area contributed by atoms with Crippen molar-refractivity contribution in [2.75, 3.05) is 32.5 Å². The molecule has 5 nitrogen and oxygen atoms in total. The van der Waals surface area contributed by atoms with Gasteiger partial charge in [0.1, 0.15) is 5.82 Å². The summed E-state index contributed by atoms with van der Waals surface area (Å²) in [4.78, 5) is 6.54. The van der Waals surface area contributed by atoms with Crippen LogP contribution in [0.4, 0.5) is 10.2 Å². The average molecular weight is 350 g/mol. The summed E-state index contributed by atoms with van der Waals surface area (Å²) >= 11 is 0. The fourth-order valence-corrected chi connectivity index (χ4v) is 2.83. The predicted octanol–water partition coefficient (Wildman–Crippen LogP) is 3.59. The van der Waals surface area contributed by atoms with Crippen molar-refractivity contribution in [2.45, 2.75) is 0 Å². The van der Waals surface area contributed by atoms with E-state index in [1.165, 1.54) is 12.1 Å². The maximum Gasteiger partial charge on any atom is 0.165 e. The van der Waals surface area contributed by atoms with Crippen molar-refractivity contribution in [2.24, 2.45) is 0 Å². The van der Waals surface area contributed by atoms with Crippen LogP contribution < -0.4 is 5.32 Å². The topological polar surface area (TPSA) is 72.2 Å². The molecule has 26 heavy (non-hydrogen) atoms. The van der Waals surface area contributed by atoms with Crippen LogP contribution in [0, 0.1) is 17.1 Å². The first-order valence-corrected chi connectivity index (χ1v) is 8.20. The molecule has 0 atom stereocenters. The number of aromatic nitrogens is 1. The molecule has 0 aliphatic carbocycles. The third kappa shape index (κ3) is 3.44. The molecule has 2 aromatic carbocycles. The van der Waals surface area contributed by atoms with Crippen LogP contribution in [0.25, 0.3) is 21.9 Å². The van der Waals surface area contributed by atoms with Gasteiger partial charge in [-0.2, -0.15) is 5.26 Å². The fraction of sp³-hybridized carbons (Fsp3) is 0.200. The first kappa shape index (κ1) is 17.6. The smallest absolute Gasteiger partial charge is 0.165 e. The van der Waals surface area contributed by atoms with Crippen molar-refractivity contribution < 1.29 is 9.50 Å². The number of nitrogens with one attached hydrogen (secondary N) is 1. The molecular formula is C20H19FN4O. The summed E-state index contributed by atoms with van der Waals surface area (Å²) in [6, 6.07) is 11.8. The van der Waals surface area contributed by atoms with E-state index in [1.807, 2.05) is 20.2 Å². The number of fused-ring (bicyclic) bond motifs is 1. The molecule has 6 heteroatoms. The molecule has 0 amide bonds. The molecular weight excluding hydrogens is 331 g/mol. The van der Waals surface area contributed by atoms with Crippen molar-refractivity contribution in [3.8, 4) is 22.9 Å². The van der Waals surface area contributed by atoms with Gasteiger partial charge in [-0.15, -0.1) is 0 Å². The van der Waals surface area contributed by atoms with Gasteiger partial charge < -0.3 is 15.3 Å². The second-order valence-corrected chi connectivity index (χ2v) is 6.26. The summed E-state index contributed by atoms with van der Waals surface area (Å²) in [5.41, 5.74) is 1.69. The van der Waals surface area contributed by atoms with E-state index in [0.29, 0.717) is 34.4 Å². The number of likely N-dealkylation sites (N-methyl/N-ethyl adjacent to an activating group) is 1. The Morgan fingerprint density at radius 2 is 2.08 bits per heavy atom. The molecule has 0 aliphatic heterocycles. The van der Waals surface area contributed by atoms with Crippen LogP contribution >= 0.6 is 0 Å². The van der Waals surface area contributed by atoms with E-state index in [4.69, 9.17) is 0 Å². The van der Waals surface area contributed by atoms with Gasteiger partial charge in [-0.1, -0.05) is 18.2 Å².